The monoisotopic (exact) mass is 117 g/mol. The van der Waals surface area contributed by atoms with E-state index >= 15 is 0 Å². The molecule has 1 heterocycles. The first-order valence-electron chi connectivity index (χ1n) is 2.86. The van der Waals surface area contributed by atoms with Gasteiger partial charge in [0.1, 0.15) is 0 Å². The second-order valence-corrected chi connectivity index (χ2v) is 1.87. The predicted molar refractivity (Wildman–Crippen MR) is 35.1 cm³/mol. The summed E-state index contributed by atoms with van der Waals surface area (Å²) in [5, 5.41) is 3.25. The maximum atomic E-state index is 3.25. The maximum Gasteiger partial charge on any atom is 0.0481 e. The molecule has 0 radical (unpaired) electrons. The van der Waals surface area contributed by atoms with Gasteiger partial charge in [0.15, 0.2) is 0 Å². The molecule has 3 nitrogen and oxygen atoms in total. The minimum atomic E-state index is 0. The van der Waals surface area contributed by atoms with Crippen molar-refractivity contribution in [3.8, 4) is 0 Å². The van der Waals surface area contributed by atoms with Gasteiger partial charge in [0.25, 0.3) is 0 Å². The molecule has 1 aliphatic rings. The quantitative estimate of drug-likeness (QED) is 0.509. The standard InChI is InChI=1S/C5H12N2.H3N/c1-2-7-4-3-6-5-7;/h6H,2-5H2,1H3;1H3. The Balaban J connectivity index is 0.000000490. The fourth-order valence-electron chi connectivity index (χ4n) is 0.823. The average molecular weight is 117 g/mol. The highest BCUT2D eigenvalue weighted by atomic mass is 15.3. The van der Waals surface area contributed by atoms with Crippen LogP contribution in [0, 0.1) is 0 Å². The smallest absolute Gasteiger partial charge is 0.0481 e. The van der Waals surface area contributed by atoms with Gasteiger partial charge in [-0.05, 0) is 6.54 Å². The number of nitrogens with zero attached hydrogens (tertiary/aromatic N) is 1. The summed E-state index contributed by atoms with van der Waals surface area (Å²) in [6.45, 7) is 6.88. The molecule has 0 aromatic heterocycles. The summed E-state index contributed by atoms with van der Waals surface area (Å²) < 4.78 is 0. The third-order valence-electron chi connectivity index (χ3n) is 1.39. The van der Waals surface area contributed by atoms with Crippen LogP contribution in [0.3, 0.4) is 0 Å². The van der Waals surface area contributed by atoms with Gasteiger partial charge in [-0.1, -0.05) is 6.92 Å². The van der Waals surface area contributed by atoms with Gasteiger partial charge in [-0.2, -0.15) is 0 Å². The Morgan fingerprint density at radius 2 is 2.38 bits per heavy atom. The Bertz CT molecular complexity index is 49.6. The zero-order valence-corrected chi connectivity index (χ0v) is 5.48. The molecule has 0 unspecified atom stereocenters. The molecule has 0 aromatic carbocycles. The third kappa shape index (κ3) is 1.78. The summed E-state index contributed by atoms with van der Waals surface area (Å²) in [7, 11) is 0. The van der Waals surface area contributed by atoms with Crippen molar-refractivity contribution in [2.75, 3.05) is 26.3 Å². The van der Waals surface area contributed by atoms with E-state index in [-0.39, 0.29) is 6.15 Å². The lowest BCUT2D eigenvalue weighted by molar-refractivity contribution is 0.354. The summed E-state index contributed by atoms with van der Waals surface area (Å²) in [6.07, 6.45) is 0. The van der Waals surface area contributed by atoms with Crippen LogP contribution >= 0.6 is 0 Å². The van der Waals surface area contributed by atoms with Gasteiger partial charge in [0, 0.05) is 19.8 Å². The number of rotatable bonds is 1. The van der Waals surface area contributed by atoms with Crippen molar-refractivity contribution in [1.29, 1.82) is 0 Å². The summed E-state index contributed by atoms with van der Waals surface area (Å²) in [5.41, 5.74) is 0. The maximum absolute atomic E-state index is 3.25. The number of likely N-dealkylation sites (N-methyl/N-ethyl adjacent to an activating group) is 1. The van der Waals surface area contributed by atoms with E-state index in [4.69, 9.17) is 0 Å². The van der Waals surface area contributed by atoms with E-state index in [0.29, 0.717) is 0 Å². The Morgan fingerprint density at radius 3 is 2.62 bits per heavy atom. The highest BCUT2D eigenvalue weighted by Crippen LogP contribution is 1.88. The molecule has 1 saturated heterocycles. The number of hydrogen-bond donors (Lipinski definition) is 2. The van der Waals surface area contributed by atoms with Gasteiger partial charge in [-0.3, -0.25) is 4.90 Å². The normalized spacial score (nSPS) is 20.6. The van der Waals surface area contributed by atoms with Crippen molar-refractivity contribution in [3.63, 3.8) is 0 Å². The first-order chi connectivity index (χ1) is 3.43. The largest absolute Gasteiger partial charge is 0.344 e. The Kier molecular flexibility index (Phi) is 3.77. The summed E-state index contributed by atoms with van der Waals surface area (Å²) in [5.74, 6) is 0. The number of nitrogens with one attached hydrogen (secondary N) is 1. The van der Waals surface area contributed by atoms with Gasteiger partial charge in [-0.15, -0.1) is 0 Å². The van der Waals surface area contributed by atoms with Crippen molar-refractivity contribution in [3.05, 3.63) is 0 Å². The van der Waals surface area contributed by atoms with Crippen molar-refractivity contribution >= 4 is 0 Å². The van der Waals surface area contributed by atoms with Crippen LogP contribution in [0.25, 0.3) is 0 Å². The second-order valence-electron chi connectivity index (χ2n) is 1.87. The first kappa shape index (κ1) is 7.88. The molecular weight excluding hydrogens is 102 g/mol. The molecule has 1 rings (SSSR count). The molecule has 8 heavy (non-hydrogen) atoms. The van der Waals surface area contributed by atoms with Gasteiger partial charge >= 0.3 is 0 Å². The van der Waals surface area contributed by atoms with Gasteiger partial charge < -0.3 is 11.5 Å². The van der Waals surface area contributed by atoms with E-state index in [1.807, 2.05) is 0 Å². The van der Waals surface area contributed by atoms with Crippen LogP contribution in [0.15, 0.2) is 0 Å². The SMILES string of the molecule is CCN1CCNC1.N. The van der Waals surface area contributed by atoms with E-state index < -0.39 is 0 Å². The van der Waals surface area contributed by atoms with Crippen LogP contribution < -0.4 is 11.5 Å². The Hall–Kier alpha value is -0.120. The van der Waals surface area contributed by atoms with Gasteiger partial charge in [0.05, 0.1) is 0 Å². The highest BCUT2D eigenvalue weighted by molar-refractivity contribution is 4.62. The van der Waals surface area contributed by atoms with Crippen LogP contribution in [-0.4, -0.2) is 31.2 Å². The van der Waals surface area contributed by atoms with Gasteiger partial charge in [-0.25, -0.2) is 0 Å². The van der Waals surface area contributed by atoms with Gasteiger partial charge in [0.2, 0.25) is 0 Å². The molecule has 0 spiro atoms. The van der Waals surface area contributed by atoms with E-state index in [0.717, 1.165) is 6.67 Å². The Labute approximate surface area is 50.6 Å². The first-order valence-corrected chi connectivity index (χ1v) is 2.86. The highest BCUT2D eigenvalue weighted by Gasteiger charge is 2.05. The summed E-state index contributed by atoms with van der Waals surface area (Å²) in [6, 6.07) is 0. The van der Waals surface area contributed by atoms with Crippen molar-refractivity contribution in [2.45, 2.75) is 6.92 Å². The zero-order chi connectivity index (χ0) is 5.11. The van der Waals surface area contributed by atoms with Crippen molar-refractivity contribution in [2.24, 2.45) is 0 Å². The second kappa shape index (κ2) is 3.83. The molecule has 0 saturated carbocycles. The molecule has 0 atom stereocenters. The van der Waals surface area contributed by atoms with E-state index in [1.54, 1.807) is 0 Å². The summed E-state index contributed by atoms with van der Waals surface area (Å²) >= 11 is 0. The lowest BCUT2D eigenvalue weighted by Gasteiger charge is -2.07. The zero-order valence-electron chi connectivity index (χ0n) is 5.48. The van der Waals surface area contributed by atoms with Crippen LogP contribution in [0.5, 0.6) is 0 Å². The lowest BCUT2D eigenvalue weighted by atomic mass is 10.6. The molecule has 3 heteroatoms. The van der Waals surface area contributed by atoms with Crippen molar-refractivity contribution < 1.29 is 0 Å². The Morgan fingerprint density at radius 1 is 1.62 bits per heavy atom. The minimum Gasteiger partial charge on any atom is -0.344 e. The molecule has 1 fully saturated rings. The molecule has 0 bridgehead atoms. The van der Waals surface area contributed by atoms with E-state index in [2.05, 4.69) is 17.1 Å². The van der Waals surface area contributed by atoms with Crippen molar-refractivity contribution in [1.82, 2.24) is 16.4 Å². The topological polar surface area (TPSA) is 50.3 Å². The molecule has 1 aliphatic heterocycles. The number of hydrogen-bond acceptors (Lipinski definition) is 3. The molecule has 50 valence electrons. The minimum absolute atomic E-state index is 0. The summed E-state index contributed by atoms with van der Waals surface area (Å²) in [4.78, 5) is 2.38. The average Bonchev–Trinajstić information content (AvgIpc) is 2.14. The fourth-order valence-corrected chi connectivity index (χ4v) is 0.823. The van der Waals surface area contributed by atoms with E-state index in [1.165, 1.54) is 19.6 Å². The van der Waals surface area contributed by atoms with Crippen LogP contribution in [0.4, 0.5) is 0 Å². The third-order valence-corrected chi connectivity index (χ3v) is 1.39. The molecule has 0 aliphatic carbocycles. The predicted octanol–water partition coefficient (Wildman–Crippen LogP) is 0.0310. The molecule has 4 N–H and O–H groups in total. The van der Waals surface area contributed by atoms with Crippen LogP contribution in [0.2, 0.25) is 0 Å². The molecule has 0 amide bonds. The fraction of sp³-hybridized carbons (Fsp3) is 1.00. The van der Waals surface area contributed by atoms with E-state index in [9.17, 15) is 0 Å². The van der Waals surface area contributed by atoms with Crippen LogP contribution in [0.1, 0.15) is 6.92 Å². The molecular formula is C5H15N3. The molecule has 0 aromatic rings. The lowest BCUT2D eigenvalue weighted by Crippen LogP contribution is -2.20. The van der Waals surface area contributed by atoms with Crippen LogP contribution in [-0.2, 0) is 0 Å².